The van der Waals surface area contributed by atoms with Crippen LogP contribution in [0.15, 0.2) is 18.2 Å². The maximum absolute atomic E-state index is 13.9. The Morgan fingerprint density at radius 2 is 1.70 bits per heavy atom. The van der Waals surface area contributed by atoms with Crippen LogP contribution in [0.5, 0.6) is 0 Å². The minimum atomic E-state index is -4.52. The van der Waals surface area contributed by atoms with Crippen LogP contribution in [0.25, 0.3) is 0 Å². The van der Waals surface area contributed by atoms with Gasteiger partial charge in [-0.25, -0.2) is 4.39 Å². The molecule has 6 heteroatoms. The van der Waals surface area contributed by atoms with Crippen molar-refractivity contribution in [2.45, 2.75) is 45.0 Å². The molecule has 1 aliphatic rings. The van der Waals surface area contributed by atoms with Crippen LogP contribution >= 0.6 is 0 Å². The van der Waals surface area contributed by atoms with E-state index in [0.717, 1.165) is 12.1 Å². The van der Waals surface area contributed by atoms with Crippen molar-refractivity contribution in [2.75, 3.05) is 6.61 Å². The molecule has 0 aromatic heterocycles. The lowest BCUT2D eigenvalue weighted by atomic mass is 9.95. The molecule has 2 nitrogen and oxygen atoms in total. The predicted octanol–water partition coefficient (Wildman–Crippen LogP) is 4.17. The van der Waals surface area contributed by atoms with Crippen molar-refractivity contribution in [3.8, 4) is 0 Å². The minimum Gasteiger partial charge on any atom is -0.343 e. The lowest BCUT2D eigenvalue weighted by Crippen LogP contribution is -2.15. The van der Waals surface area contributed by atoms with Crippen LogP contribution in [0.2, 0.25) is 0 Å². The van der Waals surface area contributed by atoms with Gasteiger partial charge in [0.1, 0.15) is 12.3 Å². The van der Waals surface area contributed by atoms with E-state index in [4.69, 9.17) is 9.47 Å². The van der Waals surface area contributed by atoms with Gasteiger partial charge in [0.2, 0.25) is 0 Å². The fourth-order valence-electron chi connectivity index (χ4n) is 1.70. The average molecular weight is 292 g/mol. The van der Waals surface area contributed by atoms with Crippen LogP contribution in [0.4, 0.5) is 17.6 Å². The van der Waals surface area contributed by atoms with E-state index in [-0.39, 0.29) is 17.7 Å². The number of epoxide rings is 1. The second-order valence-electron chi connectivity index (χ2n) is 5.60. The maximum Gasteiger partial charge on any atom is 0.416 e. The second-order valence-corrected chi connectivity index (χ2v) is 5.60. The summed E-state index contributed by atoms with van der Waals surface area (Å²) in [7, 11) is 0. The highest BCUT2D eigenvalue weighted by Crippen LogP contribution is 2.35. The minimum absolute atomic E-state index is 0.0206. The molecule has 1 aliphatic heterocycles. The molecule has 0 spiro atoms. The summed E-state index contributed by atoms with van der Waals surface area (Å²) in [5.74, 6) is -0.723. The van der Waals surface area contributed by atoms with Gasteiger partial charge >= 0.3 is 6.18 Å². The third-order valence-electron chi connectivity index (χ3n) is 3.10. The molecule has 20 heavy (non-hydrogen) atoms. The van der Waals surface area contributed by atoms with Gasteiger partial charge in [-0.2, -0.15) is 13.2 Å². The molecule has 0 N–H and O–H groups in total. The first-order valence-electron chi connectivity index (χ1n) is 6.18. The largest absolute Gasteiger partial charge is 0.416 e. The third kappa shape index (κ3) is 3.70. The molecule has 0 bridgehead atoms. The molecule has 0 radical (unpaired) electrons. The number of ether oxygens (including phenoxy) is 2. The first kappa shape index (κ1) is 15.3. The lowest BCUT2D eigenvalue weighted by Gasteiger charge is -2.19. The normalized spacial score (nSPS) is 22.9. The fourth-order valence-corrected chi connectivity index (χ4v) is 1.70. The zero-order valence-electron chi connectivity index (χ0n) is 11.5. The summed E-state index contributed by atoms with van der Waals surface area (Å²) in [4.78, 5) is 0. The van der Waals surface area contributed by atoms with Crippen LogP contribution in [0, 0.1) is 0 Å². The van der Waals surface area contributed by atoms with Crippen molar-refractivity contribution in [3.63, 3.8) is 0 Å². The van der Waals surface area contributed by atoms with E-state index >= 15 is 0 Å². The molecule has 1 aromatic carbocycles. The number of benzene rings is 1. The van der Waals surface area contributed by atoms with Gasteiger partial charge in [0.15, 0.2) is 5.79 Å². The summed E-state index contributed by atoms with van der Waals surface area (Å²) in [5.41, 5.74) is -2.47. The number of hydrogen-bond acceptors (Lipinski definition) is 2. The topological polar surface area (TPSA) is 21.8 Å². The van der Waals surface area contributed by atoms with E-state index in [1.54, 1.807) is 6.92 Å². The smallest absolute Gasteiger partial charge is 0.343 e. The highest BCUT2D eigenvalue weighted by Gasteiger charge is 2.41. The molecule has 1 aromatic rings. The zero-order valence-corrected chi connectivity index (χ0v) is 11.5. The third-order valence-corrected chi connectivity index (χ3v) is 3.10. The Morgan fingerprint density at radius 3 is 2.15 bits per heavy atom. The summed E-state index contributed by atoms with van der Waals surface area (Å²) in [5, 5.41) is 0. The van der Waals surface area contributed by atoms with Crippen LogP contribution in [-0.2, 0) is 27.9 Å². The Labute approximate surface area is 114 Å². The van der Waals surface area contributed by atoms with Crippen LogP contribution in [-0.4, -0.2) is 12.4 Å². The summed E-state index contributed by atoms with van der Waals surface area (Å²) < 4.78 is 62.8. The lowest BCUT2D eigenvalue weighted by molar-refractivity contribution is -0.137. The molecule has 0 aliphatic carbocycles. The van der Waals surface area contributed by atoms with E-state index in [1.165, 1.54) is 19.9 Å². The van der Waals surface area contributed by atoms with Crippen molar-refractivity contribution in [2.24, 2.45) is 0 Å². The molecule has 1 unspecified atom stereocenters. The molecule has 1 saturated heterocycles. The number of rotatable bonds is 4. The van der Waals surface area contributed by atoms with Crippen LogP contribution in [0.3, 0.4) is 0 Å². The van der Waals surface area contributed by atoms with Gasteiger partial charge in [-0.15, -0.1) is 0 Å². The van der Waals surface area contributed by atoms with Crippen molar-refractivity contribution in [1.82, 2.24) is 0 Å². The van der Waals surface area contributed by atoms with Gasteiger partial charge in [-0.1, -0.05) is 6.07 Å². The predicted molar refractivity (Wildman–Crippen MR) is 64.7 cm³/mol. The quantitative estimate of drug-likeness (QED) is 0.613. The fraction of sp³-hybridized carbons (Fsp3) is 0.571. The Kier molecular flexibility index (Phi) is 3.59. The van der Waals surface area contributed by atoms with E-state index in [0.29, 0.717) is 6.61 Å². The summed E-state index contributed by atoms with van der Waals surface area (Å²) in [6.07, 6.45) is -4.52. The molecule has 112 valence electrons. The van der Waals surface area contributed by atoms with Crippen LogP contribution in [0.1, 0.15) is 37.5 Å². The summed E-state index contributed by atoms with van der Waals surface area (Å²) in [6, 6.07) is 3.20. The van der Waals surface area contributed by atoms with Crippen molar-refractivity contribution >= 4 is 0 Å². The molecule has 0 amide bonds. The van der Waals surface area contributed by atoms with Gasteiger partial charge in [0.05, 0.1) is 12.2 Å². The first-order valence-corrected chi connectivity index (χ1v) is 6.18. The highest BCUT2D eigenvalue weighted by atomic mass is 19.4. The monoisotopic (exact) mass is 292 g/mol. The SMILES string of the molecule is CC1(OCc2cc(C(C)(C)F)cc(C(F)(F)F)c2)CO1. The van der Waals surface area contributed by atoms with Gasteiger partial charge in [-0.3, -0.25) is 0 Å². The van der Waals surface area contributed by atoms with Crippen LogP contribution < -0.4 is 0 Å². The van der Waals surface area contributed by atoms with Gasteiger partial charge in [-0.05, 0) is 44.0 Å². The van der Waals surface area contributed by atoms with E-state index in [1.807, 2.05) is 0 Å². The number of halogens is 4. The Balaban J connectivity index is 2.30. The van der Waals surface area contributed by atoms with Crippen molar-refractivity contribution in [3.05, 3.63) is 34.9 Å². The van der Waals surface area contributed by atoms with Gasteiger partial charge < -0.3 is 9.47 Å². The molecule has 1 heterocycles. The number of alkyl halides is 4. The van der Waals surface area contributed by atoms with E-state index in [2.05, 4.69) is 0 Å². The molecule has 0 saturated carbocycles. The summed E-state index contributed by atoms with van der Waals surface area (Å²) in [6.45, 7) is 4.49. The van der Waals surface area contributed by atoms with Gasteiger partial charge in [0.25, 0.3) is 0 Å². The van der Waals surface area contributed by atoms with Crippen molar-refractivity contribution in [1.29, 1.82) is 0 Å². The van der Waals surface area contributed by atoms with Gasteiger partial charge in [0, 0.05) is 0 Å². The second kappa shape index (κ2) is 4.70. The maximum atomic E-state index is 13.9. The Hall–Kier alpha value is -1.14. The molecule has 1 fully saturated rings. The van der Waals surface area contributed by atoms with Crippen molar-refractivity contribution < 1.29 is 27.0 Å². The molecule has 2 rings (SSSR count). The number of hydrogen-bond donors (Lipinski definition) is 0. The van der Waals surface area contributed by atoms with E-state index in [9.17, 15) is 17.6 Å². The molecular weight excluding hydrogens is 276 g/mol. The zero-order chi connectivity index (χ0) is 15.2. The Morgan fingerprint density at radius 1 is 1.15 bits per heavy atom. The average Bonchev–Trinajstić information content (AvgIpc) is 3.03. The molecular formula is C14H16F4O2. The first-order chi connectivity index (χ1) is 9.00. The standard InChI is InChI=1S/C14H16F4O2/c1-12(2,15)10-4-9(7-19-13(3)8-20-13)5-11(6-10)14(16,17)18/h4-6H,7-8H2,1-3H3. The van der Waals surface area contributed by atoms with E-state index < -0.39 is 23.2 Å². The Bertz CT molecular complexity index is 467. The highest BCUT2D eigenvalue weighted by molar-refractivity contribution is 5.34. The molecule has 1 atom stereocenters. The summed E-state index contributed by atoms with van der Waals surface area (Å²) >= 11 is 0.